The highest BCUT2D eigenvalue weighted by Gasteiger charge is 2.07. The molecule has 0 saturated heterocycles. The molecule has 2 rings (SSSR count). The van der Waals surface area contributed by atoms with Crippen molar-refractivity contribution in [3.63, 3.8) is 0 Å². The van der Waals surface area contributed by atoms with Crippen LogP contribution in [0, 0.1) is 5.82 Å². The van der Waals surface area contributed by atoms with E-state index in [2.05, 4.69) is 5.32 Å². The van der Waals surface area contributed by atoms with Crippen LogP contribution in [0.15, 0.2) is 48.5 Å². The Kier molecular flexibility index (Phi) is 7.22. The van der Waals surface area contributed by atoms with Crippen molar-refractivity contribution in [3.05, 3.63) is 59.9 Å². The lowest BCUT2D eigenvalue weighted by molar-refractivity contribution is -0.122. The number of rotatable bonds is 9. The summed E-state index contributed by atoms with van der Waals surface area (Å²) in [5.41, 5.74) is 0.977. The van der Waals surface area contributed by atoms with Crippen LogP contribution in [0.5, 0.6) is 11.5 Å². The lowest BCUT2D eigenvalue weighted by Gasteiger charge is -2.16. The van der Waals surface area contributed by atoms with Gasteiger partial charge in [-0.05, 0) is 36.9 Å². The molecule has 5 nitrogen and oxygen atoms in total. The number of hydrogen-bond acceptors (Lipinski definition) is 4. The van der Waals surface area contributed by atoms with Crippen LogP contribution >= 0.6 is 0 Å². The maximum atomic E-state index is 13.0. The molecule has 2 aromatic carbocycles. The summed E-state index contributed by atoms with van der Waals surface area (Å²) in [5.74, 6) is 0.841. The van der Waals surface area contributed by atoms with Gasteiger partial charge in [0.2, 0.25) is 5.91 Å². The van der Waals surface area contributed by atoms with Crippen LogP contribution < -0.4 is 14.8 Å². The SMILES string of the molecule is COc1cccc(CNC(=O)CN(C)CCOc2cccc(F)c2)c1. The Morgan fingerprint density at radius 1 is 1.16 bits per heavy atom. The van der Waals surface area contributed by atoms with Crippen LogP contribution in [0.3, 0.4) is 0 Å². The number of carbonyl (C=O) groups is 1. The van der Waals surface area contributed by atoms with Gasteiger partial charge in [-0.2, -0.15) is 0 Å². The van der Waals surface area contributed by atoms with E-state index in [9.17, 15) is 9.18 Å². The summed E-state index contributed by atoms with van der Waals surface area (Å²) in [7, 11) is 3.44. The Morgan fingerprint density at radius 3 is 2.68 bits per heavy atom. The summed E-state index contributed by atoms with van der Waals surface area (Å²) in [6.45, 7) is 1.65. The molecule has 0 aliphatic rings. The average molecular weight is 346 g/mol. The standard InChI is InChI=1S/C19H23FN2O3/c1-22(9-10-25-18-8-4-6-16(20)12-18)14-19(23)21-13-15-5-3-7-17(11-15)24-2/h3-8,11-12H,9-10,13-14H2,1-2H3,(H,21,23). The van der Waals surface area contributed by atoms with Crippen LogP contribution in [0.4, 0.5) is 4.39 Å². The summed E-state index contributed by atoms with van der Waals surface area (Å²) >= 11 is 0. The summed E-state index contributed by atoms with van der Waals surface area (Å²) in [6.07, 6.45) is 0. The smallest absolute Gasteiger partial charge is 0.234 e. The zero-order valence-corrected chi connectivity index (χ0v) is 14.5. The number of amides is 1. The molecular weight excluding hydrogens is 323 g/mol. The molecule has 0 radical (unpaired) electrons. The van der Waals surface area contributed by atoms with Crippen LogP contribution in [0.25, 0.3) is 0 Å². The third-order valence-corrected chi connectivity index (χ3v) is 3.58. The molecule has 1 N–H and O–H groups in total. The number of benzene rings is 2. The Hall–Kier alpha value is -2.60. The van der Waals surface area contributed by atoms with Gasteiger partial charge >= 0.3 is 0 Å². The molecule has 2 aromatic rings. The molecule has 0 atom stereocenters. The number of nitrogens with zero attached hydrogens (tertiary/aromatic N) is 1. The van der Waals surface area contributed by atoms with E-state index in [1.807, 2.05) is 36.2 Å². The van der Waals surface area contributed by atoms with Crippen molar-refractivity contribution in [3.8, 4) is 11.5 Å². The zero-order chi connectivity index (χ0) is 18.1. The third-order valence-electron chi connectivity index (χ3n) is 3.58. The number of halogens is 1. The second-order valence-corrected chi connectivity index (χ2v) is 5.67. The van der Waals surface area contributed by atoms with Crippen molar-refractivity contribution in [2.45, 2.75) is 6.54 Å². The van der Waals surface area contributed by atoms with Crippen LogP contribution in [-0.2, 0) is 11.3 Å². The highest BCUT2D eigenvalue weighted by atomic mass is 19.1. The predicted octanol–water partition coefficient (Wildman–Crippen LogP) is 2.46. The minimum absolute atomic E-state index is 0.0731. The second-order valence-electron chi connectivity index (χ2n) is 5.67. The Bertz CT molecular complexity index is 694. The molecule has 0 aliphatic heterocycles. The Balaban J connectivity index is 1.67. The van der Waals surface area contributed by atoms with Crippen molar-refractivity contribution in [2.75, 3.05) is 33.9 Å². The number of likely N-dealkylation sites (N-methyl/N-ethyl adjacent to an activating group) is 1. The van der Waals surface area contributed by atoms with E-state index >= 15 is 0 Å². The van der Waals surface area contributed by atoms with Gasteiger partial charge in [0.05, 0.1) is 13.7 Å². The van der Waals surface area contributed by atoms with Gasteiger partial charge in [0, 0.05) is 19.2 Å². The van der Waals surface area contributed by atoms with E-state index in [-0.39, 0.29) is 18.3 Å². The maximum absolute atomic E-state index is 13.0. The highest BCUT2D eigenvalue weighted by molar-refractivity contribution is 5.77. The van der Waals surface area contributed by atoms with E-state index in [1.54, 1.807) is 19.2 Å². The molecule has 0 aliphatic carbocycles. The first kappa shape index (κ1) is 18.7. The van der Waals surface area contributed by atoms with Crippen molar-refractivity contribution < 1.29 is 18.7 Å². The first-order chi connectivity index (χ1) is 12.1. The molecule has 0 bridgehead atoms. The molecule has 1 amide bonds. The van der Waals surface area contributed by atoms with Gasteiger partial charge in [0.25, 0.3) is 0 Å². The molecule has 25 heavy (non-hydrogen) atoms. The first-order valence-corrected chi connectivity index (χ1v) is 8.03. The monoisotopic (exact) mass is 346 g/mol. The topological polar surface area (TPSA) is 50.8 Å². The van der Waals surface area contributed by atoms with Gasteiger partial charge < -0.3 is 14.8 Å². The summed E-state index contributed by atoms with van der Waals surface area (Å²) in [5, 5.41) is 2.87. The third kappa shape index (κ3) is 6.81. The molecule has 0 fully saturated rings. The number of carbonyl (C=O) groups excluding carboxylic acids is 1. The fourth-order valence-electron chi connectivity index (χ4n) is 2.24. The summed E-state index contributed by atoms with van der Waals surface area (Å²) in [6, 6.07) is 13.6. The lowest BCUT2D eigenvalue weighted by Crippen LogP contribution is -2.36. The van der Waals surface area contributed by atoms with Crippen molar-refractivity contribution in [1.29, 1.82) is 0 Å². The van der Waals surface area contributed by atoms with Crippen molar-refractivity contribution >= 4 is 5.91 Å². The number of nitrogens with one attached hydrogen (secondary N) is 1. The number of hydrogen-bond donors (Lipinski definition) is 1. The zero-order valence-electron chi connectivity index (χ0n) is 14.5. The van der Waals surface area contributed by atoms with E-state index in [0.29, 0.717) is 25.4 Å². The molecule has 6 heteroatoms. The molecule has 134 valence electrons. The van der Waals surface area contributed by atoms with Gasteiger partial charge in [-0.25, -0.2) is 4.39 Å². The van der Waals surface area contributed by atoms with Crippen LogP contribution in [0.2, 0.25) is 0 Å². The second kappa shape index (κ2) is 9.64. The Labute approximate surface area is 147 Å². The number of ether oxygens (including phenoxy) is 2. The van der Waals surface area contributed by atoms with Crippen LogP contribution in [0.1, 0.15) is 5.56 Å². The molecule has 0 saturated carbocycles. The fourth-order valence-corrected chi connectivity index (χ4v) is 2.24. The average Bonchev–Trinajstić information content (AvgIpc) is 2.60. The first-order valence-electron chi connectivity index (χ1n) is 8.03. The Morgan fingerprint density at radius 2 is 1.92 bits per heavy atom. The molecule has 0 aromatic heterocycles. The fraction of sp³-hybridized carbons (Fsp3) is 0.316. The van der Waals surface area contributed by atoms with Crippen LogP contribution in [-0.4, -0.2) is 44.7 Å². The maximum Gasteiger partial charge on any atom is 0.234 e. The molecular formula is C19H23FN2O3. The van der Waals surface area contributed by atoms with Gasteiger partial charge in [0.1, 0.15) is 23.9 Å². The van der Waals surface area contributed by atoms with E-state index in [1.165, 1.54) is 12.1 Å². The van der Waals surface area contributed by atoms with Gasteiger partial charge in [-0.1, -0.05) is 18.2 Å². The van der Waals surface area contributed by atoms with Crippen molar-refractivity contribution in [2.24, 2.45) is 0 Å². The minimum Gasteiger partial charge on any atom is -0.497 e. The number of methoxy groups -OCH3 is 1. The largest absolute Gasteiger partial charge is 0.497 e. The van der Waals surface area contributed by atoms with Crippen molar-refractivity contribution in [1.82, 2.24) is 10.2 Å². The molecule has 0 heterocycles. The summed E-state index contributed by atoms with van der Waals surface area (Å²) in [4.78, 5) is 13.8. The van der Waals surface area contributed by atoms with Gasteiger partial charge in [0.15, 0.2) is 0 Å². The lowest BCUT2D eigenvalue weighted by atomic mass is 10.2. The predicted molar refractivity (Wildman–Crippen MR) is 94.2 cm³/mol. The van der Waals surface area contributed by atoms with Gasteiger partial charge in [-0.15, -0.1) is 0 Å². The quantitative estimate of drug-likeness (QED) is 0.758. The normalized spacial score (nSPS) is 10.6. The minimum atomic E-state index is -0.331. The molecule has 0 unspecified atom stereocenters. The summed E-state index contributed by atoms with van der Waals surface area (Å²) < 4.78 is 23.7. The van der Waals surface area contributed by atoms with E-state index in [0.717, 1.165) is 11.3 Å². The van der Waals surface area contributed by atoms with E-state index in [4.69, 9.17) is 9.47 Å². The van der Waals surface area contributed by atoms with Gasteiger partial charge in [-0.3, -0.25) is 9.69 Å². The van der Waals surface area contributed by atoms with E-state index < -0.39 is 0 Å². The highest BCUT2D eigenvalue weighted by Crippen LogP contribution is 2.12. The molecule has 0 spiro atoms.